The number of alkyl halides is 3. The molecule has 0 saturated heterocycles. The average Bonchev–Trinajstić information content (AvgIpc) is 3.28. The number of amides is 1. The molecule has 0 radical (unpaired) electrons. The van der Waals surface area contributed by atoms with E-state index in [0.717, 1.165) is 12.1 Å². The van der Waals surface area contributed by atoms with Crippen molar-refractivity contribution in [3.05, 3.63) is 65.7 Å². The van der Waals surface area contributed by atoms with Crippen LogP contribution in [0.4, 0.5) is 13.2 Å². The lowest BCUT2D eigenvalue weighted by Gasteiger charge is -2.07. The van der Waals surface area contributed by atoms with Gasteiger partial charge in [-0.05, 0) is 37.3 Å². The van der Waals surface area contributed by atoms with Crippen molar-refractivity contribution >= 4 is 5.91 Å². The molecule has 5 nitrogen and oxygen atoms in total. The molecule has 2 aromatic heterocycles. The predicted molar refractivity (Wildman–Crippen MR) is 88.2 cm³/mol. The van der Waals surface area contributed by atoms with Crippen LogP contribution in [0.1, 0.15) is 28.7 Å². The van der Waals surface area contributed by atoms with Gasteiger partial charge in [0.15, 0.2) is 0 Å². The molecule has 0 bridgehead atoms. The molecular formula is C18H16F3N3O2. The summed E-state index contributed by atoms with van der Waals surface area (Å²) in [4.78, 5) is 12.4. The molecule has 3 aromatic rings. The Balaban J connectivity index is 1.85. The third kappa shape index (κ3) is 3.79. The monoisotopic (exact) mass is 363 g/mol. The molecule has 0 fully saturated rings. The topological polar surface area (TPSA) is 60.1 Å². The third-order valence-corrected chi connectivity index (χ3v) is 3.80. The maximum absolute atomic E-state index is 12.9. The number of nitrogens with zero attached hydrogens (tertiary/aromatic N) is 2. The summed E-state index contributed by atoms with van der Waals surface area (Å²) in [5.41, 5.74) is 0.115. The largest absolute Gasteiger partial charge is 0.467 e. The fourth-order valence-electron chi connectivity index (χ4n) is 2.51. The average molecular weight is 363 g/mol. The first-order valence-electron chi connectivity index (χ1n) is 7.94. The van der Waals surface area contributed by atoms with Crippen LogP contribution in [0.2, 0.25) is 0 Å². The van der Waals surface area contributed by atoms with Gasteiger partial charge >= 0.3 is 6.18 Å². The number of carbonyl (C=O) groups excluding carboxylic acids is 1. The molecule has 1 N–H and O–H groups in total. The van der Waals surface area contributed by atoms with Crippen LogP contribution in [0.3, 0.4) is 0 Å². The lowest BCUT2D eigenvalue weighted by Crippen LogP contribution is -2.25. The van der Waals surface area contributed by atoms with E-state index in [2.05, 4.69) is 10.4 Å². The molecule has 0 aliphatic rings. The molecule has 0 spiro atoms. The van der Waals surface area contributed by atoms with E-state index >= 15 is 0 Å². The Hall–Kier alpha value is -3.03. The van der Waals surface area contributed by atoms with Crippen molar-refractivity contribution in [2.45, 2.75) is 26.2 Å². The smallest absolute Gasteiger partial charge is 0.416 e. The van der Waals surface area contributed by atoms with Gasteiger partial charge in [0.1, 0.15) is 11.5 Å². The maximum Gasteiger partial charge on any atom is 0.416 e. The summed E-state index contributed by atoms with van der Waals surface area (Å²) in [5, 5.41) is 6.96. The summed E-state index contributed by atoms with van der Waals surface area (Å²) < 4.78 is 45.3. The van der Waals surface area contributed by atoms with Crippen molar-refractivity contribution in [2.75, 3.05) is 0 Å². The van der Waals surface area contributed by atoms with E-state index in [9.17, 15) is 18.0 Å². The minimum Gasteiger partial charge on any atom is -0.467 e. The van der Waals surface area contributed by atoms with E-state index < -0.39 is 11.7 Å². The summed E-state index contributed by atoms with van der Waals surface area (Å²) in [6, 6.07) is 9.79. The van der Waals surface area contributed by atoms with Gasteiger partial charge in [0.05, 0.1) is 24.1 Å². The van der Waals surface area contributed by atoms with Crippen molar-refractivity contribution in [2.24, 2.45) is 0 Å². The Bertz CT molecular complexity index is 899. The van der Waals surface area contributed by atoms with E-state index in [-0.39, 0.29) is 18.1 Å². The SMILES string of the molecule is CCn1nc(-c2cccc(C(F)(F)F)c2)cc1C(=O)NCc1ccco1. The Morgan fingerprint density at radius 2 is 2.04 bits per heavy atom. The van der Waals surface area contributed by atoms with Crippen LogP contribution in [-0.4, -0.2) is 15.7 Å². The van der Waals surface area contributed by atoms with E-state index in [1.54, 1.807) is 19.1 Å². The molecule has 2 heterocycles. The molecule has 136 valence electrons. The predicted octanol–water partition coefficient (Wildman–Crippen LogP) is 4.11. The molecule has 1 amide bonds. The molecule has 26 heavy (non-hydrogen) atoms. The molecule has 3 rings (SSSR count). The second kappa shape index (κ2) is 7.07. The van der Waals surface area contributed by atoms with Crippen LogP contribution in [0.5, 0.6) is 0 Å². The normalized spacial score (nSPS) is 11.5. The molecule has 0 aliphatic carbocycles. The Kier molecular flexibility index (Phi) is 4.83. The standard InChI is InChI=1S/C18H16F3N3O2/c1-2-24-16(17(25)22-11-14-7-4-8-26-14)10-15(23-24)12-5-3-6-13(9-12)18(19,20)21/h3-10H,2,11H2,1H3,(H,22,25). The highest BCUT2D eigenvalue weighted by Gasteiger charge is 2.30. The molecule has 0 saturated carbocycles. The highest BCUT2D eigenvalue weighted by molar-refractivity contribution is 5.93. The summed E-state index contributed by atoms with van der Waals surface area (Å²) in [6.45, 7) is 2.41. The number of benzene rings is 1. The summed E-state index contributed by atoms with van der Waals surface area (Å²) >= 11 is 0. The number of furan rings is 1. The zero-order chi connectivity index (χ0) is 18.7. The van der Waals surface area contributed by atoms with Crippen LogP contribution in [0.25, 0.3) is 11.3 Å². The quantitative estimate of drug-likeness (QED) is 0.742. The number of hydrogen-bond donors (Lipinski definition) is 1. The number of hydrogen-bond acceptors (Lipinski definition) is 3. The van der Waals surface area contributed by atoms with Crippen molar-refractivity contribution < 1.29 is 22.4 Å². The molecule has 8 heteroatoms. The van der Waals surface area contributed by atoms with Crippen LogP contribution in [0, 0.1) is 0 Å². The first-order chi connectivity index (χ1) is 12.4. The summed E-state index contributed by atoms with van der Waals surface area (Å²) in [5.74, 6) is 0.216. The number of carbonyl (C=O) groups is 1. The maximum atomic E-state index is 12.9. The molecular weight excluding hydrogens is 347 g/mol. The van der Waals surface area contributed by atoms with Crippen LogP contribution in [0.15, 0.2) is 53.1 Å². The first-order valence-corrected chi connectivity index (χ1v) is 7.94. The number of aryl methyl sites for hydroxylation is 1. The minimum absolute atomic E-state index is 0.208. The minimum atomic E-state index is -4.44. The van der Waals surface area contributed by atoms with Gasteiger partial charge in [-0.1, -0.05) is 12.1 Å². The van der Waals surface area contributed by atoms with E-state index in [4.69, 9.17) is 4.42 Å². The van der Waals surface area contributed by atoms with Crippen molar-refractivity contribution in [1.29, 1.82) is 0 Å². The highest BCUT2D eigenvalue weighted by atomic mass is 19.4. The van der Waals surface area contributed by atoms with Crippen molar-refractivity contribution in [3.63, 3.8) is 0 Å². The highest BCUT2D eigenvalue weighted by Crippen LogP contribution is 2.32. The Morgan fingerprint density at radius 1 is 1.23 bits per heavy atom. The molecule has 0 aliphatic heterocycles. The zero-order valence-electron chi connectivity index (χ0n) is 13.9. The Labute approximate surface area is 147 Å². The molecule has 0 atom stereocenters. The van der Waals surface area contributed by atoms with Gasteiger partial charge in [0.2, 0.25) is 0 Å². The van der Waals surface area contributed by atoms with Gasteiger partial charge in [-0.2, -0.15) is 18.3 Å². The van der Waals surface area contributed by atoms with E-state index in [1.807, 2.05) is 0 Å². The lowest BCUT2D eigenvalue weighted by molar-refractivity contribution is -0.137. The van der Waals surface area contributed by atoms with Crippen molar-refractivity contribution in [1.82, 2.24) is 15.1 Å². The summed E-state index contributed by atoms with van der Waals surface area (Å²) in [7, 11) is 0. The fraction of sp³-hybridized carbons (Fsp3) is 0.222. The van der Waals surface area contributed by atoms with Gasteiger partial charge in [-0.25, -0.2) is 0 Å². The van der Waals surface area contributed by atoms with Crippen molar-refractivity contribution in [3.8, 4) is 11.3 Å². The van der Waals surface area contributed by atoms with E-state index in [1.165, 1.54) is 29.1 Å². The first kappa shape index (κ1) is 17.8. The number of rotatable bonds is 5. The summed E-state index contributed by atoms with van der Waals surface area (Å²) in [6.07, 6.45) is -2.93. The van der Waals surface area contributed by atoms with Gasteiger partial charge in [0.25, 0.3) is 5.91 Å². The third-order valence-electron chi connectivity index (χ3n) is 3.80. The number of nitrogens with one attached hydrogen (secondary N) is 1. The molecule has 1 aromatic carbocycles. The molecule has 0 unspecified atom stereocenters. The van der Waals surface area contributed by atoms with Gasteiger partial charge < -0.3 is 9.73 Å². The van der Waals surface area contributed by atoms with Gasteiger partial charge in [-0.15, -0.1) is 0 Å². The van der Waals surface area contributed by atoms with Gasteiger partial charge in [0, 0.05) is 12.1 Å². The van der Waals surface area contributed by atoms with Crippen LogP contribution in [-0.2, 0) is 19.3 Å². The zero-order valence-corrected chi connectivity index (χ0v) is 13.9. The number of halogens is 3. The van der Waals surface area contributed by atoms with Crippen LogP contribution < -0.4 is 5.32 Å². The number of aromatic nitrogens is 2. The van der Waals surface area contributed by atoms with Crippen LogP contribution >= 0.6 is 0 Å². The second-order valence-electron chi connectivity index (χ2n) is 5.57. The second-order valence-corrected chi connectivity index (χ2v) is 5.57. The van der Waals surface area contributed by atoms with E-state index in [0.29, 0.717) is 23.6 Å². The van der Waals surface area contributed by atoms with Gasteiger partial charge in [-0.3, -0.25) is 9.48 Å². The Morgan fingerprint density at radius 3 is 2.69 bits per heavy atom. The lowest BCUT2D eigenvalue weighted by atomic mass is 10.1. The fourth-order valence-corrected chi connectivity index (χ4v) is 2.51.